The van der Waals surface area contributed by atoms with Crippen LogP contribution in [0.5, 0.6) is 0 Å². The predicted molar refractivity (Wildman–Crippen MR) is 127 cm³/mol. The first-order chi connectivity index (χ1) is 15.6. The molecule has 1 amide bonds. The highest BCUT2D eigenvalue weighted by atomic mass is 16.3. The van der Waals surface area contributed by atoms with E-state index in [0.717, 1.165) is 43.8 Å². The summed E-state index contributed by atoms with van der Waals surface area (Å²) in [7, 11) is 0. The second kappa shape index (κ2) is 8.67. The fourth-order valence-corrected chi connectivity index (χ4v) is 4.58. The number of furan rings is 1. The van der Waals surface area contributed by atoms with E-state index in [-0.39, 0.29) is 5.91 Å². The van der Waals surface area contributed by atoms with E-state index in [1.807, 2.05) is 29.2 Å². The summed E-state index contributed by atoms with van der Waals surface area (Å²) in [6.07, 6.45) is 1.69. The van der Waals surface area contributed by atoms with Crippen molar-refractivity contribution in [2.75, 3.05) is 26.2 Å². The van der Waals surface area contributed by atoms with Crippen LogP contribution in [0, 0.1) is 13.8 Å². The number of rotatable bonds is 5. The van der Waals surface area contributed by atoms with Crippen LogP contribution in [0.15, 0.2) is 71.3 Å². The Morgan fingerprint density at radius 2 is 1.47 bits per heavy atom. The molecule has 0 radical (unpaired) electrons. The van der Waals surface area contributed by atoms with E-state index in [1.54, 1.807) is 6.26 Å². The van der Waals surface area contributed by atoms with Crippen LogP contribution in [0.1, 0.15) is 32.7 Å². The second-order valence-electron chi connectivity index (χ2n) is 8.71. The molecule has 5 nitrogen and oxygen atoms in total. The molecule has 1 aliphatic heterocycles. The molecule has 5 heteroatoms. The Morgan fingerprint density at radius 3 is 2.12 bits per heavy atom. The van der Waals surface area contributed by atoms with E-state index in [0.29, 0.717) is 12.2 Å². The summed E-state index contributed by atoms with van der Waals surface area (Å²) in [5, 5.41) is 0. The topological polar surface area (TPSA) is 41.6 Å². The Balaban J connectivity index is 1.33. The van der Waals surface area contributed by atoms with E-state index in [9.17, 15) is 4.79 Å². The maximum atomic E-state index is 13.5. The third-order valence-electron chi connectivity index (χ3n) is 6.65. The zero-order chi connectivity index (χ0) is 22.1. The van der Waals surface area contributed by atoms with Crippen LogP contribution < -0.4 is 0 Å². The molecule has 32 heavy (non-hydrogen) atoms. The van der Waals surface area contributed by atoms with Gasteiger partial charge in [0.2, 0.25) is 0 Å². The van der Waals surface area contributed by atoms with E-state index < -0.39 is 0 Å². The number of hydrogen-bond donors (Lipinski definition) is 0. The standard InChI is InChI=1S/C27H29N3O2/c1-20-7-3-5-9-22(20)18-28-12-14-29(15-13-28)27(31)25-17-26-24(11-16-32-26)30(25)19-23-10-6-4-8-21(23)2/h3-11,16-17H,12-15,18-19H2,1-2H3. The third kappa shape index (κ3) is 3.96. The highest BCUT2D eigenvalue weighted by Crippen LogP contribution is 2.25. The van der Waals surface area contributed by atoms with Crippen molar-refractivity contribution in [2.24, 2.45) is 0 Å². The highest BCUT2D eigenvalue weighted by molar-refractivity contribution is 5.97. The SMILES string of the molecule is Cc1ccccc1CN1CCN(C(=O)c2cc3occc3n2Cc2ccccc2C)CC1. The first-order valence-corrected chi connectivity index (χ1v) is 11.3. The van der Waals surface area contributed by atoms with Crippen LogP contribution in [0.3, 0.4) is 0 Å². The molecular formula is C27H29N3O2. The molecule has 0 N–H and O–H groups in total. The van der Waals surface area contributed by atoms with E-state index in [1.165, 1.54) is 22.3 Å². The number of benzene rings is 2. The van der Waals surface area contributed by atoms with Crippen LogP contribution in [-0.2, 0) is 13.1 Å². The Morgan fingerprint density at radius 1 is 0.844 bits per heavy atom. The normalized spacial score (nSPS) is 14.9. The van der Waals surface area contributed by atoms with Gasteiger partial charge in [-0.1, -0.05) is 48.5 Å². The Kier molecular flexibility index (Phi) is 5.58. The number of aryl methyl sites for hydroxylation is 2. The molecule has 3 heterocycles. The highest BCUT2D eigenvalue weighted by Gasteiger charge is 2.26. The van der Waals surface area contributed by atoms with Crippen LogP contribution in [-0.4, -0.2) is 46.5 Å². The fourth-order valence-electron chi connectivity index (χ4n) is 4.58. The molecule has 1 saturated heterocycles. The van der Waals surface area contributed by atoms with Crippen molar-refractivity contribution in [3.8, 4) is 0 Å². The molecule has 0 aliphatic carbocycles. The minimum Gasteiger partial charge on any atom is -0.463 e. The molecule has 2 aromatic heterocycles. The maximum Gasteiger partial charge on any atom is 0.270 e. The number of hydrogen-bond acceptors (Lipinski definition) is 3. The summed E-state index contributed by atoms with van der Waals surface area (Å²) < 4.78 is 7.74. The lowest BCUT2D eigenvalue weighted by atomic mass is 10.1. The van der Waals surface area contributed by atoms with Gasteiger partial charge in [0.1, 0.15) is 5.69 Å². The fraction of sp³-hybridized carbons (Fsp3) is 0.296. The molecule has 0 unspecified atom stereocenters. The molecule has 0 saturated carbocycles. The van der Waals surface area contributed by atoms with Crippen molar-refractivity contribution in [2.45, 2.75) is 26.9 Å². The number of carbonyl (C=O) groups excluding carboxylic acids is 1. The summed E-state index contributed by atoms with van der Waals surface area (Å²) in [5.41, 5.74) is 7.55. The molecule has 1 fully saturated rings. The van der Waals surface area contributed by atoms with Crippen LogP contribution in [0.25, 0.3) is 11.1 Å². The molecular weight excluding hydrogens is 398 g/mol. The Labute approximate surface area is 188 Å². The first kappa shape index (κ1) is 20.6. The second-order valence-corrected chi connectivity index (χ2v) is 8.71. The molecule has 0 atom stereocenters. The zero-order valence-corrected chi connectivity index (χ0v) is 18.8. The van der Waals surface area contributed by atoms with Gasteiger partial charge in [-0.15, -0.1) is 0 Å². The van der Waals surface area contributed by atoms with Gasteiger partial charge in [0.05, 0.1) is 11.8 Å². The van der Waals surface area contributed by atoms with Crippen molar-refractivity contribution in [3.63, 3.8) is 0 Å². The van der Waals surface area contributed by atoms with Crippen LogP contribution >= 0.6 is 0 Å². The lowest BCUT2D eigenvalue weighted by Crippen LogP contribution is -2.48. The van der Waals surface area contributed by atoms with Gasteiger partial charge in [-0.3, -0.25) is 9.69 Å². The average Bonchev–Trinajstić information content (AvgIpc) is 3.39. The van der Waals surface area contributed by atoms with Gasteiger partial charge in [-0.2, -0.15) is 0 Å². The van der Waals surface area contributed by atoms with Gasteiger partial charge >= 0.3 is 0 Å². The summed E-state index contributed by atoms with van der Waals surface area (Å²) >= 11 is 0. The van der Waals surface area contributed by atoms with E-state index in [2.05, 4.69) is 59.7 Å². The minimum atomic E-state index is 0.0838. The average molecular weight is 428 g/mol. The number of aromatic nitrogens is 1. The zero-order valence-electron chi connectivity index (χ0n) is 18.8. The van der Waals surface area contributed by atoms with Gasteiger partial charge in [-0.25, -0.2) is 0 Å². The quantitative estimate of drug-likeness (QED) is 0.457. The van der Waals surface area contributed by atoms with Gasteiger partial charge < -0.3 is 13.9 Å². The van der Waals surface area contributed by atoms with Crippen molar-refractivity contribution in [1.82, 2.24) is 14.4 Å². The van der Waals surface area contributed by atoms with Crippen molar-refractivity contribution in [3.05, 3.63) is 94.9 Å². The number of carbonyl (C=O) groups is 1. The molecule has 2 aromatic carbocycles. The third-order valence-corrected chi connectivity index (χ3v) is 6.65. The molecule has 0 spiro atoms. The molecule has 1 aliphatic rings. The van der Waals surface area contributed by atoms with Crippen molar-refractivity contribution in [1.29, 1.82) is 0 Å². The maximum absolute atomic E-state index is 13.5. The molecule has 4 aromatic rings. The smallest absolute Gasteiger partial charge is 0.270 e. The monoisotopic (exact) mass is 427 g/mol. The number of fused-ring (bicyclic) bond motifs is 1. The van der Waals surface area contributed by atoms with Gasteiger partial charge in [0.25, 0.3) is 5.91 Å². The van der Waals surface area contributed by atoms with E-state index >= 15 is 0 Å². The molecule has 164 valence electrons. The van der Waals surface area contributed by atoms with Crippen molar-refractivity contribution < 1.29 is 9.21 Å². The predicted octanol–water partition coefficient (Wildman–Crippen LogP) is 4.86. The summed E-state index contributed by atoms with van der Waals surface area (Å²) in [6, 6.07) is 20.7. The van der Waals surface area contributed by atoms with Crippen LogP contribution in [0.2, 0.25) is 0 Å². The Bertz CT molecular complexity index is 1240. The van der Waals surface area contributed by atoms with Gasteiger partial charge in [-0.05, 0) is 36.1 Å². The molecule has 5 rings (SSSR count). The minimum absolute atomic E-state index is 0.0838. The summed E-state index contributed by atoms with van der Waals surface area (Å²) in [6.45, 7) is 9.11. The van der Waals surface area contributed by atoms with Gasteiger partial charge in [0, 0.05) is 51.4 Å². The summed E-state index contributed by atoms with van der Waals surface area (Å²) in [4.78, 5) is 17.9. The van der Waals surface area contributed by atoms with Crippen LogP contribution in [0.4, 0.5) is 0 Å². The first-order valence-electron chi connectivity index (χ1n) is 11.3. The van der Waals surface area contributed by atoms with Gasteiger partial charge in [0.15, 0.2) is 5.58 Å². The van der Waals surface area contributed by atoms with E-state index in [4.69, 9.17) is 4.42 Å². The summed E-state index contributed by atoms with van der Waals surface area (Å²) in [5.74, 6) is 0.0838. The lowest BCUT2D eigenvalue weighted by Gasteiger charge is -2.35. The lowest BCUT2D eigenvalue weighted by molar-refractivity contribution is 0.0618. The number of piperazine rings is 1. The van der Waals surface area contributed by atoms with Crippen molar-refractivity contribution >= 4 is 17.0 Å². The largest absolute Gasteiger partial charge is 0.463 e. The Hall–Kier alpha value is -3.31. The molecule has 0 bridgehead atoms. The number of amides is 1. The number of nitrogens with zero attached hydrogens (tertiary/aromatic N) is 3.